The molecule has 7 heteroatoms. The van der Waals surface area contributed by atoms with E-state index in [-0.39, 0.29) is 36.6 Å². The monoisotopic (exact) mass is 313 g/mol. The number of halogens is 2. The van der Waals surface area contributed by atoms with Crippen LogP contribution in [0.1, 0.15) is 24.5 Å². The van der Waals surface area contributed by atoms with Crippen LogP contribution in [0, 0.1) is 12.8 Å². The maximum Gasteiger partial charge on any atom is 0.239 e. The van der Waals surface area contributed by atoms with E-state index >= 15 is 0 Å². The standard InChI is InChI=1S/C11H19N3OS.2ClH/c1-7(2)10(12)11(15)14(4)5-9-6-16-8(3)13-9;;/h6-7,10H,5,12H2,1-4H3;2*1H/t10-;;/m0../s1. The highest BCUT2D eigenvalue weighted by Crippen LogP contribution is 2.11. The third kappa shape index (κ3) is 5.52. The van der Waals surface area contributed by atoms with Gasteiger partial charge in [-0.2, -0.15) is 0 Å². The van der Waals surface area contributed by atoms with E-state index in [1.165, 1.54) is 0 Å². The van der Waals surface area contributed by atoms with E-state index in [1.807, 2.05) is 26.2 Å². The minimum absolute atomic E-state index is 0. The second-order valence-corrected chi connectivity index (χ2v) is 5.38. The first-order valence-corrected chi connectivity index (χ1v) is 6.21. The molecule has 1 aromatic rings. The number of nitrogens with two attached hydrogens (primary N) is 1. The van der Waals surface area contributed by atoms with Crippen LogP contribution in [0.25, 0.3) is 0 Å². The van der Waals surface area contributed by atoms with Gasteiger partial charge in [0.15, 0.2) is 0 Å². The fraction of sp³-hybridized carbons (Fsp3) is 0.636. The molecule has 0 spiro atoms. The molecule has 0 radical (unpaired) electrons. The Morgan fingerprint density at radius 3 is 2.44 bits per heavy atom. The average molecular weight is 314 g/mol. The van der Waals surface area contributed by atoms with Crippen molar-refractivity contribution in [2.75, 3.05) is 7.05 Å². The molecule has 1 rings (SSSR count). The first kappa shape index (κ1) is 20.0. The maximum absolute atomic E-state index is 11.9. The number of nitrogens with zero attached hydrogens (tertiary/aromatic N) is 2. The fourth-order valence-electron chi connectivity index (χ4n) is 1.34. The van der Waals surface area contributed by atoms with Crippen molar-refractivity contribution in [3.8, 4) is 0 Å². The Kier molecular flexibility index (Phi) is 9.64. The Bertz CT molecular complexity index is 371. The van der Waals surface area contributed by atoms with Crippen LogP contribution >= 0.6 is 36.2 Å². The Labute approximate surface area is 125 Å². The van der Waals surface area contributed by atoms with Gasteiger partial charge in [0.25, 0.3) is 0 Å². The first-order chi connectivity index (χ1) is 7.41. The van der Waals surface area contributed by atoms with Gasteiger partial charge in [-0.15, -0.1) is 36.2 Å². The summed E-state index contributed by atoms with van der Waals surface area (Å²) >= 11 is 1.59. The summed E-state index contributed by atoms with van der Waals surface area (Å²) in [6.07, 6.45) is 0. The normalized spacial score (nSPS) is 11.4. The van der Waals surface area contributed by atoms with Crippen LogP contribution in [0.5, 0.6) is 0 Å². The van der Waals surface area contributed by atoms with Crippen LogP contribution in [-0.4, -0.2) is 28.9 Å². The molecule has 0 fully saturated rings. The molecular weight excluding hydrogens is 293 g/mol. The zero-order valence-electron chi connectivity index (χ0n) is 11.0. The van der Waals surface area contributed by atoms with Gasteiger partial charge in [-0.3, -0.25) is 4.79 Å². The van der Waals surface area contributed by atoms with Gasteiger partial charge >= 0.3 is 0 Å². The molecule has 1 aromatic heterocycles. The van der Waals surface area contributed by atoms with Gasteiger partial charge in [0, 0.05) is 12.4 Å². The van der Waals surface area contributed by atoms with E-state index in [1.54, 1.807) is 23.3 Å². The molecule has 4 nitrogen and oxygen atoms in total. The van der Waals surface area contributed by atoms with Crippen LogP contribution in [-0.2, 0) is 11.3 Å². The topological polar surface area (TPSA) is 59.2 Å². The van der Waals surface area contributed by atoms with Crippen molar-refractivity contribution < 1.29 is 4.79 Å². The Balaban J connectivity index is 0. The third-order valence-electron chi connectivity index (χ3n) is 2.45. The number of carbonyl (C=O) groups excluding carboxylic acids is 1. The van der Waals surface area contributed by atoms with Crippen molar-refractivity contribution in [3.05, 3.63) is 16.1 Å². The Morgan fingerprint density at radius 2 is 2.06 bits per heavy atom. The predicted molar refractivity (Wildman–Crippen MR) is 80.6 cm³/mol. The number of thiazole rings is 1. The summed E-state index contributed by atoms with van der Waals surface area (Å²) in [7, 11) is 1.76. The fourth-order valence-corrected chi connectivity index (χ4v) is 1.95. The van der Waals surface area contributed by atoms with Crippen LogP contribution in [0.2, 0.25) is 0 Å². The molecular formula is C11H21Cl2N3OS. The number of aryl methyl sites for hydroxylation is 1. The van der Waals surface area contributed by atoms with Crippen molar-refractivity contribution in [2.24, 2.45) is 11.7 Å². The van der Waals surface area contributed by atoms with Gasteiger partial charge < -0.3 is 10.6 Å². The first-order valence-electron chi connectivity index (χ1n) is 5.33. The molecule has 0 saturated carbocycles. The number of amides is 1. The lowest BCUT2D eigenvalue weighted by Gasteiger charge is -2.22. The lowest BCUT2D eigenvalue weighted by atomic mass is 10.0. The largest absolute Gasteiger partial charge is 0.338 e. The minimum Gasteiger partial charge on any atom is -0.338 e. The zero-order valence-corrected chi connectivity index (χ0v) is 13.5. The highest BCUT2D eigenvalue weighted by atomic mass is 35.5. The number of aromatic nitrogens is 1. The van der Waals surface area contributed by atoms with Gasteiger partial charge in [0.2, 0.25) is 5.91 Å². The summed E-state index contributed by atoms with van der Waals surface area (Å²) in [4.78, 5) is 17.8. The van der Waals surface area contributed by atoms with E-state index in [4.69, 9.17) is 5.73 Å². The molecule has 0 saturated heterocycles. The number of hydrogen-bond acceptors (Lipinski definition) is 4. The second kappa shape index (κ2) is 8.69. The highest BCUT2D eigenvalue weighted by Gasteiger charge is 2.21. The SMILES string of the molecule is Cc1nc(CN(C)C(=O)[C@@H](N)C(C)C)cs1.Cl.Cl. The minimum atomic E-state index is -0.426. The molecule has 0 aliphatic heterocycles. The van der Waals surface area contributed by atoms with Gasteiger partial charge in [-0.25, -0.2) is 4.98 Å². The summed E-state index contributed by atoms with van der Waals surface area (Å²) < 4.78 is 0. The Morgan fingerprint density at radius 1 is 1.50 bits per heavy atom. The number of hydrogen-bond donors (Lipinski definition) is 1. The number of carbonyl (C=O) groups is 1. The smallest absolute Gasteiger partial charge is 0.239 e. The van der Waals surface area contributed by atoms with E-state index in [0.717, 1.165) is 10.7 Å². The molecule has 18 heavy (non-hydrogen) atoms. The molecule has 1 amide bonds. The lowest BCUT2D eigenvalue weighted by Crippen LogP contribution is -2.44. The lowest BCUT2D eigenvalue weighted by molar-refractivity contribution is -0.132. The van der Waals surface area contributed by atoms with Crippen molar-refractivity contribution in [1.82, 2.24) is 9.88 Å². The molecule has 1 atom stereocenters. The van der Waals surface area contributed by atoms with Crippen LogP contribution in [0.4, 0.5) is 0 Å². The predicted octanol–water partition coefficient (Wildman–Crippen LogP) is 2.24. The number of likely N-dealkylation sites (N-methyl/N-ethyl adjacent to an activating group) is 1. The quantitative estimate of drug-likeness (QED) is 0.927. The van der Waals surface area contributed by atoms with Crippen molar-refractivity contribution in [3.63, 3.8) is 0 Å². The van der Waals surface area contributed by atoms with Crippen LogP contribution in [0.15, 0.2) is 5.38 Å². The van der Waals surface area contributed by atoms with E-state index in [2.05, 4.69) is 4.98 Å². The summed E-state index contributed by atoms with van der Waals surface area (Å²) in [6.45, 7) is 6.38. The van der Waals surface area contributed by atoms with Crippen LogP contribution < -0.4 is 5.73 Å². The van der Waals surface area contributed by atoms with Crippen molar-refractivity contribution in [2.45, 2.75) is 33.4 Å². The Hall–Kier alpha value is -0.360. The van der Waals surface area contributed by atoms with Gasteiger partial charge in [-0.05, 0) is 12.8 Å². The summed E-state index contributed by atoms with van der Waals surface area (Å²) in [5.41, 5.74) is 6.74. The highest BCUT2D eigenvalue weighted by molar-refractivity contribution is 7.09. The average Bonchev–Trinajstić information content (AvgIpc) is 2.61. The molecule has 0 aliphatic carbocycles. The van der Waals surface area contributed by atoms with Crippen LogP contribution in [0.3, 0.4) is 0 Å². The number of rotatable bonds is 4. The van der Waals surface area contributed by atoms with Crippen molar-refractivity contribution in [1.29, 1.82) is 0 Å². The molecule has 2 N–H and O–H groups in total. The van der Waals surface area contributed by atoms with Gasteiger partial charge in [-0.1, -0.05) is 13.8 Å². The van der Waals surface area contributed by atoms with Gasteiger partial charge in [0.05, 0.1) is 23.3 Å². The van der Waals surface area contributed by atoms with E-state index in [9.17, 15) is 4.79 Å². The maximum atomic E-state index is 11.9. The molecule has 106 valence electrons. The molecule has 1 heterocycles. The third-order valence-corrected chi connectivity index (χ3v) is 3.27. The molecule has 0 unspecified atom stereocenters. The summed E-state index contributed by atoms with van der Waals surface area (Å²) in [5.74, 6) is 0.132. The zero-order chi connectivity index (χ0) is 12.3. The molecule has 0 aromatic carbocycles. The summed E-state index contributed by atoms with van der Waals surface area (Å²) in [6, 6.07) is -0.426. The van der Waals surface area contributed by atoms with Crippen molar-refractivity contribution >= 4 is 42.1 Å². The molecule has 0 bridgehead atoms. The molecule has 0 aliphatic rings. The second-order valence-electron chi connectivity index (χ2n) is 4.32. The summed E-state index contributed by atoms with van der Waals surface area (Å²) in [5, 5.41) is 2.99. The van der Waals surface area contributed by atoms with E-state index in [0.29, 0.717) is 6.54 Å². The van der Waals surface area contributed by atoms with Gasteiger partial charge in [0.1, 0.15) is 0 Å². The van der Waals surface area contributed by atoms with E-state index < -0.39 is 6.04 Å².